The van der Waals surface area contributed by atoms with Gasteiger partial charge in [0.15, 0.2) is 5.13 Å². The van der Waals surface area contributed by atoms with E-state index in [9.17, 15) is 4.79 Å². The van der Waals surface area contributed by atoms with Gasteiger partial charge in [-0.05, 0) is 64.7 Å². The number of fused-ring (bicyclic) bond motifs is 1. The highest BCUT2D eigenvalue weighted by Crippen LogP contribution is 2.40. The van der Waals surface area contributed by atoms with Crippen LogP contribution in [0.3, 0.4) is 0 Å². The lowest BCUT2D eigenvalue weighted by molar-refractivity contribution is 0.0985. The van der Waals surface area contributed by atoms with Crippen LogP contribution in [0.15, 0.2) is 30.3 Å². The molecule has 6 nitrogen and oxygen atoms in total. The Labute approximate surface area is 194 Å². The number of carbonyl (C=O) groups is 1. The zero-order chi connectivity index (χ0) is 21.8. The highest BCUT2D eigenvalue weighted by atomic mass is 35.5. The smallest absolute Gasteiger partial charge is 0.260 e. The number of carbonyl (C=O) groups excluding carboxylic acids is 1. The van der Waals surface area contributed by atoms with E-state index in [0.717, 1.165) is 34.5 Å². The number of aryl methyl sites for hydroxylation is 2. The number of anilines is 1. The van der Waals surface area contributed by atoms with E-state index in [1.807, 2.05) is 58.3 Å². The largest absolute Gasteiger partial charge is 0.495 e. The normalized spacial score (nSPS) is 10.8. The minimum Gasteiger partial charge on any atom is -0.495 e. The molecule has 0 N–H and O–H groups in total. The molecule has 3 aromatic rings. The maximum absolute atomic E-state index is 13.6. The summed E-state index contributed by atoms with van der Waals surface area (Å²) < 4.78 is 11.9. The Morgan fingerprint density at radius 1 is 1.03 bits per heavy atom. The number of hydrogen-bond donors (Lipinski definition) is 0. The number of halogens is 1. The fourth-order valence-electron chi connectivity index (χ4n) is 3.33. The van der Waals surface area contributed by atoms with Gasteiger partial charge in [0.2, 0.25) is 0 Å². The van der Waals surface area contributed by atoms with E-state index in [-0.39, 0.29) is 18.3 Å². The van der Waals surface area contributed by atoms with Gasteiger partial charge in [-0.2, -0.15) is 0 Å². The summed E-state index contributed by atoms with van der Waals surface area (Å²) in [5, 5.41) is 0.650. The molecule has 0 saturated carbocycles. The zero-order valence-corrected chi connectivity index (χ0v) is 20.5. The van der Waals surface area contributed by atoms with Gasteiger partial charge in [-0.3, -0.25) is 9.69 Å². The van der Waals surface area contributed by atoms with E-state index in [2.05, 4.69) is 4.90 Å². The molecule has 31 heavy (non-hydrogen) atoms. The van der Waals surface area contributed by atoms with Gasteiger partial charge in [0.05, 0.1) is 14.2 Å². The van der Waals surface area contributed by atoms with Gasteiger partial charge >= 0.3 is 0 Å². The number of thiazole rings is 1. The average molecular weight is 464 g/mol. The number of amides is 1. The van der Waals surface area contributed by atoms with E-state index in [0.29, 0.717) is 28.5 Å². The van der Waals surface area contributed by atoms with Gasteiger partial charge in [-0.25, -0.2) is 4.98 Å². The summed E-state index contributed by atoms with van der Waals surface area (Å²) >= 11 is 1.45. The van der Waals surface area contributed by atoms with Crippen molar-refractivity contribution in [2.75, 3.05) is 46.3 Å². The molecule has 0 atom stereocenters. The number of rotatable bonds is 8. The molecule has 1 aromatic heterocycles. The van der Waals surface area contributed by atoms with Crippen molar-refractivity contribution in [3.8, 4) is 11.5 Å². The molecule has 1 heterocycles. The average Bonchev–Trinajstić information content (AvgIpc) is 3.16. The maximum atomic E-state index is 13.6. The Bertz CT molecular complexity index is 1010. The highest BCUT2D eigenvalue weighted by Gasteiger charge is 2.24. The molecule has 0 aliphatic carbocycles. The molecule has 3 rings (SSSR count). The van der Waals surface area contributed by atoms with Crippen LogP contribution in [0.4, 0.5) is 5.13 Å². The van der Waals surface area contributed by atoms with Crippen LogP contribution in [0, 0.1) is 13.8 Å². The first-order valence-electron chi connectivity index (χ1n) is 9.91. The van der Waals surface area contributed by atoms with Gasteiger partial charge < -0.3 is 14.4 Å². The van der Waals surface area contributed by atoms with E-state index < -0.39 is 0 Å². The number of methoxy groups -OCH3 is 2. The third kappa shape index (κ3) is 5.47. The number of ether oxygens (including phenoxy) is 2. The van der Waals surface area contributed by atoms with Crippen molar-refractivity contribution in [2.24, 2.45) is 0 Å². The first-order chi connectivity index (χ1) is 14.3. The fourth-order valence-corrected chi connectivity index (χ4v) is 4.43. The van der Waals surface area contributed by atoms with Crippen LogP contribution in [0.5, 0.6) is 11.5 Å². The third-order valence-corrected chi connectivity index (χ3v) is 6.08. The second-order valence-electron chi connectivity index (χ2n) is 7.58. The van der Waals surface area contributed by atoms with Gasteiger partial charge in [0, 0.05) is 12.1 Å². The van der Waals surface area contributed by atoms with Crippen LogP contribution < -0.4 is 14.4 Å². The van der Waals surface area contributed by atoms with Gasteiger partial charge in [0.25, 0.3) is 5.91 Å². The first kappa shape index (κ1) is 24.9. The lowest BCUT2D eigenvalue weighted by Crippen LogP contribution is -2.34. The second kappa shape index (κ2) is 10.8. The quantitative estimate of drug-likeness (QED) is 0.473. The van der Waals surface area contributed by atoms with Crippen LogP contribution in [-0.4, -0.2) is 57.2 Å². The van der Waals surface area contributed by atoms with E-state index in [1.54, 1.807) is 19.1 Å². The monoisotopic (exact) mass is 463 g/mol. The fraction of sp³-hybridized carbons (Fsp3) is 0.391. The predicted octanol–water partition coefficient (Wildman–Crippen LogP) is 4.95. The van der Waals surface area contributed by atoms with Crippen molar-refractivity contribution in [2.45, 2.75) is 20.3 Å². The minimum atomic E-state index is -0.0352. The van der Waals surface area contributed by atoms with Crippen molar-refractivity contribution in [1.82, 2.24) is 9.88 Å². The Morgan fingerprint density at radius 2 is 1.71 bits per heavy atom. The topological polar surface area (TPSA) is 54.9 Å². The summed E-state index contributed by atoms with van der Waals surface area (Å²) in [6, 6.07) is 9.67. The summed E-state index contributed by atoms with van der Waals surface area (Å²) in [5.41, 5.74) is 3.44. The molecule has 0 aliphatic rings. The molecule has 2 aromatic carbocycles. The molecule has 8 heteroatoms. The number of nitrogens with zero attached hydrogens (tertiary/aromatic N) is 3. The number of aromatic nitrogens is 1. The first-order valence-corrected chi connectivity index (χ1v) is 10.7. The second-order valence-corrected chi connectivity index (χ2v) is 8.55. The van der Waals surface area contributed by atoms with Gasteiger partial charge in [-0.15, -0.1) is 12.4 Å². The van der Waals surface area contributed by atoms with Crippen LogP contribution >= 0.6 is 23.7 Å². The lowest BCUT2D eigenvalue weighted by Gasteiger charge is -2.22. The Balaban J connectivity index is 0.00000341. The summed E-state index contributed by atoms with van der Waals surface area (Å²) in [7, 11) is 7.32. The Hall–Kier alpha value is -2.35. The van der Waals surface area contributed by atoms with Crippen molar-refractivity contribution in [3.63, 3.8) is 0 Å². The molecule has 0 fully saturated rings. The standard InChI is InChI=1S/C23H29N3O3S.ClH/c1-15-8-9-16(2)17(14-15)22(27)26(13-7-12-25(3)4)23-24-20-18(28-5)10-11-19(29-6)21(20)30-23;/h8-11,14H,7,12-13H2,1-6H3;1H. The zero-order valence-electron chi connectivity index (χ0n) is 18.9. The maximum Gasteiger partial charge on any atom is 0.260 e. The molecule has 0 saturated heterocycles. The van der Waals surface area contributed by atoms with E-state index >= 15 is 0 Å². The number of hydrogen-bond acceptors (Lipinski definition) is 6. The predicted molar refractivity (Wildman–Crippen MR) is 131 cm³/mol. The van der Waals surface area contributed by atoms with Crippen molar-refractivity contribution >= 4 is 45.0 Å². The Kier molecular flexibility index (Phi) is 8.68. The van der Waals surface area contributed by atoms with Crippen LogP contribution in [0.2, 0.25) is 0 Å². The summed E-state index contributed by atoms with van der Waals surface area (Å²) in [4.78, 5) is 22.3. The molecule has 0 spiro atoms. The molecule has 168 valence electrons. The molecule has 1 amide bonds. The van der Waals surface area contributed by atoms with Crippen LogP contribution in [-0.2, 0) is 0 Å². The minimum absolute atomic E-state index is 0. The molecule has 0 aliphatic heterocycles. The van der Waals surface area contributed by atoms with Crippen LogP contribution in [0.1, 0.15) is 27.9 Å². The lowest BCUT2D eigenvalue weighted by atomic mass is 10.0. The molecule has 0 radical (unpaired) electrons. The van der Waals surface area contributed by atoms with Crippen molar-refractivity contribution in [3.05, 3.63) is 47.0 Å². The van der Waals surface area contributed by atoms with Crippen molar-refractivity contribution in [1.29, 1.82) is 0 Å². The summed E-state index contributed by atoms with van der Waals surface area (Å²) in [6.07, 6.45) is 0.841. The highest BCUT2D eigenvalue weighted by molar-refractivity contribution is 7.22. The third-order valence-electron chi connectivity index (χ3n) is 4.99. The van der Waals surface area contributed by atoms with Gasteiger partial charge in [-0.1, -0.05) is 29.0 Å². The summed E-state index contributed by atoms with van der Waals surface area (Å²) in [6.45, 7) is 5.43. The SMILES string of the molecule is COc1ccc(OC)c2sc(N(CCCN(C)C)C(=O)c3cc(C)ccc3C)nc12.Cl. The van der Waals surface area contributed by atoms with Crippen molar-refractivity contribution < 1.29 is 14.3 Å². The molecule has 0 unspecified atom stereocenters. The van der Waals surface area contributed by atoms with Gasteiger partial charge in [0.1, 0.15) is 21.7 Å². The Morgan fingerprint density at radius 3 is 2.35 bits per heavy atom. The summed E-state index contributed by atoms with van der Waals surface area (Å²) in [5.74, 6) is 1.36. The van der Waals surface area contributed by atoms with Crippen LogP contribution in [0.25, 0.3) is 10.2 Å². The van der Waals surface area contributed by atoms with E-state index in [4.69, 9.17) is 14.5 Å². The number of benzene rings is 2. The van der Waals surface area contributed by atoms with E-state index in [1.165, 1.54) is 11.3 Å². The molecular weight excluding hydrogens is 434 g/mol. The molecular formula is C23H30ClN3O3S. The molecule has 0 bridgehead atoms.